The third-order valence-electron chi connectivity index (χ3n) is 3.28. The Labute approximate surface area is 126 Å². The first-order valence-corrected chi connectivity index (χ1v) is 7.67. The van der Waals surface area contributed by atoms with Gasteiger partial charge in [-0.15, -0.1) is 0 Å². The molecule has 6 nitrogen and oxygen atoms in total. The summed E-state index contributed by atoms with van der Waals surface area (Å²) in [6, 6.07) is -0.543. The van der Waals surface area contributed by atoms with Gasteiger partial charge in [0.05, 0.1) is 0 Å². The van der Waals surface area contributed by atoms with Crippen molar-refractivity contribution in [2.45, 2.75) is 71.1 Å². The maximum atomic E-state index is 11.9. The van der Waals surface area contributed by atoms with E-state index < -0.39 is 11.6 Å². The minimum absolute atomic E-state index is 0.154. The average molecular weight is 300 g/mol. The second-order valence-corrected chi connectivity index (χ2v) is 6.50. The zero-order chi connectivity index (χ0) is 16.0. The van der Waals surface area contributed by atoms with E-state index in [0.29, 0.717) is 32.4 Å². The summed E-state index contributed by atoms with van der Waals surface area (Å²) in [4.78, 5) is 25.3. The molecule has 1 amide bonds. The lowest BCUT2D eigenvalue weighted by molar-refractivity contribution is -0.152. The zero-order valence-corrected chi connectivity index (χ0v) is 13.6. The van der Waals surface area contributed by atoms with E-state index in [4.69, 9.17) is 15.2 Å². The highest BCUT2D eigenvalue weighted by Crippen LogP contribution is 2.18. The molecule has 0 radical (unpaired) electrons. The Hall–Kier alpha value is -1.30. The van der Waals surface area contributed by atoms with Crippen molar-refractivity contribution >= 4 is 12.1 Å². The molecule has 2 N–H and O–H groups in total. The Morgan fingerprint density at radius 3 is 2.33 bits per heavy atom. The molecule has 0 aromatic rings. The van der Waals surface area contributed by atoms with E-state index >= 15 is 0 Å². The Morgan fingerprint density at radius 2 is 1.86 bits per heavy atom. The molecule has 1 fully saturated rings. The number of carbonyl (C=O) groups excluding carboxylic acids is 2. The minimum Gasteiger partial charge on any atom is -0.461 e. The van der Waals surface area contributed by atoms with Gasteiger partial charge in [-0.25, -0.2) is 4.79 Å². The first-order valence-electron chi connectivity index (χ1n) is 7.67. The van der Waals surface area contributed by atoms with Gasteiger partial charge in [0.2, 0.25) is 0 Å². The molecule has 122 valence electrons. The van der Waals surface area contributed by atoms with Crippen LogP contribution < -0.4 is 5.73 Å². The lowest BCUT2D eigenvalue weighted by atomic mass is 10.1. The van der Waals surface area contributed by atoms with Gasteiger partial charge in [-0.1, -0.05) is 13.3 Å². The summed E-state index contributed by atoms with van der Waals surface area (Å²) in [5, 5.41) is 0. The van der Waals surface area contributed by atoms with Crippen LogP contribution in [0.3, 0.4) is 0 Å². The van der Waals surface area contributed by atoms with Gasteiger partial charge < -0.3 is 20.1 Å². The number of rotatable bonds is 4. The van der Waals surface area contributed by atoms with E-state index in [0.717, 1.165) is 6.42 Å². The molecular formula is C15H28N2O4. The number of nitrogens with zero attached hydrogens (tertiary/aromatic N) is 1. The van der Waals surface area contributed by atoms with Crippen molar-refractivity contribution in [1.82, 2.24) is 4.90 Å². The smallest absolute Gasteiger partial charge is 0.410 e. The molecule has 0 saturated carbocycles. The van der Waals surface area contributed by atoms with Crippen molar-refractivity contribution in [2.24, 2.45) is 5.73 Å². The fourth-order valence-corrected chi connectivity index (χ4v) is 2.16. The lowest BCUT2D eigenvalue weighted by Gasteiger charge is -2.33. The SMILES string of the molecule is CCC[C@@H](N)C(=O)OC1CCN(C(=O)OC(C)(C)C)CC1. The fourth-order valence-electron chi connectivity index (χ4n) is 2.16. The van der Waals surface area contributed by atoms with Crippen LogP contribution in [0.4, 0.5) is 4.79 Å². The first-order chi connectivity index (χ1) is 9.73. The van der Waals surface area contributed by atoms with Gasteiger partial charge in [-0.3, -0.25) is 4.79 Å². The third-order valence-corrected chi connectivity index (χ3v) is 3.28. The number of carbonyl (C=O) groups is 2. The molecule has 0 spiro atoms. The second-order valence-electron chi connectivity index (χ2n) is 6.50. The number of ether oxygens (including phenoxy) is 2. The predicted molar refractivity (Wildman–Crippen MR) is 79.8 cm³/mol. The molecule has 1 rings (SSSR count). The van der Waals surface area contributed by atoms with Crippen LogP contribution in [-0.4, -0.2) is 47.8 Å². The Balaban J connectivity index is 2.35. The number of hydrogen-bond acceptors (Lipinski definition) is 5. The maximum absolute atomic E-state index is 11.9. The molecule has 0 bridgehead atoms. The Kier molecular flexibility index (Phi) is 6.45. The number of amides is 1. The van der Waals surface area contributed by atoms with Crippen LogP contribution in [0.15, 0.2) is 0 Å². The third kappa shape index (κ3) is 6.33. The van der Waals surface area contributed by atoms with Crippen LogP contribution in [0, 0.1) is 0 Å². The summed E-state index contributed by atoms with van der Waals surface area (Å²) in [5.74, 6) is -0.340. The van der Waals surface area contributed by atoms with Crippen LogP contribution in [0.5, 0.6) is 0 Å². The quantitative estimate of drug-likeness (QED) is 0.804. The van der Waals surface area contributed by atoms with Crippen molar-refractivity contribution in [3.63, 3.8) is 0 Å². The molecular weight excluding hydrogens is 272 g/mol. The summed E-state index contributed by atoms with van der Waals surface area (Å²) in [6.45, 7) is 8.58. The van der Waals surface area contributed by atoms with Crippen molar-refractivity contribution in [1.29, 1.82) is 0 Å². The van der Waals surface area contributed by atoms with Crippen LogP contribution in [0.1, 0.15) is 53.4 Å². The molecule has 1 atom stereocenters. The van der Waals surface area contributed by atoms with Gasteiger partial charge in [0.25, 0.3) is 0 Å². The molecule has 21 heavy (non-hydrogen) atoms. The standard InChI is InChI=1S/C15H28N2O4/c1-5-6-12(16)13(18)20-11-7-9-17(10-8-11)14(19)21-15(2,3)4/h11-12H,5-10,16H2,1-4H3/t12-/m1/s1. The largest absolute Gasteiger partial charge is 0.461 e. The number of piperidine rings is 1. The highest BCUT2D eigenvalue weighted by atomic mass is 16.6. The molecule has 1 aliphatic rings. The van der Waals surface area contributed by atoms with Crippen molar-refractivity contribution in [3.8, 4) is 0 Å². The lowest BCUT2D eigenvalue weighted by Crippen LogP contribution is -2.45. The van der Waals surface area contributed by atoms with Crippen LogP contribution in [0.25, 0.3) is 0 Å². The average Bonchev–Trinajstić information content (AvgIpc) is 2.37. The van der Waals surface area contributed by atoms with E-state index in [2.05, 4.69) is 0 Å². The summed E-state index contributed by atoms with van der Waals surface area (Å²) in [6.07, 6.45) is 2.28. The summed E-state index contributed by atoms with van der Waals surface area (Å²) in [5.41, 5.74) is 5.24. The van der Waals surface area contributed by atoms with Crippen molar-refractivity contribution < 1.29 is 19.1 Å². The summed E-state index contributed by atoms with van der Waals surface area (Å²) < 4.78 is 10.7. The molecule has 1 aliphatic heterocycles. The Morgan fingerprint density at radius 1 is 1.29 bits per heavy atom. The van der Waals surface area contributed by atoms with E-state index in [1.165, 1.54) is 0 Å². The van der Waals surface area contributed by atoms with Crippen LogP contribution >= 0.6 is 0 Å². The van der Waals surface area contributed by atoms with Gasteiger partial charge in [-0.05, 0) is 27.2 Å². The van der Waals surface area contributed by atoms with E-state index in [9.17, 15) is 9.59 Å². The second kappa shape index (κ2) is 7.64. The minimum atomic E-state index is -0.543. The zero-order valence-electron chi connectivity index (χ0n) is 13.6. The predicted octanol–water partition coefficient (Wildman–Crippen LogP) is 2.06. The number of likely N-dealkylation sites (tertiary alicyclic amines) is 1. The number of esters is 1. The molecule has 1 heterocycles. The Bertz CT molecular complexity index is 357. The topological polar surface area (TPSA) is 81.9 Å². The molecule has 0 aromatic heterocycles. The van der Waals surface area contributed by atoms with Gasteiger partial charge in [0.15, 0.2) is 0 Å². The van der Waals surface area contributed by atoms with E-state index in [1.54, 1.807) is 4.90 Å². The van der Waals surface area contributed by atoms with Crippen molar-refractivity contribution in [3.05, 3.63) is 0 Å². The fraction of sp³-hybridized carbons (Fsp3) is 0.867. The number of nitrogens with two attached hydrogens (primary N) is 1. The highest BCUT2D eigenvalue weighted by molar-refractivity contribution is 5.75. The van der Waals surface area contributed by atoms with Crippen molar-refractivity contribution in [2.75, 3.05) is 13.1 Å². The summed E-state index contributed by atoms with van der Waals surface area (Å²) in [7, 11) is 0. The van der Waals surface area contributed by atoms with E-state index in [-0.39, 0.29) is 18.2 Å². The molecule has 1 saturated heterocycles. The van der Waals surface area contributed by atoms with Crippen LogP contribution in [0.2, 0.25) is 0 Å². The molecule has 0 aromatic carbocycles. The van der Waals surface area contributed by atoms with Crippen LogP contribution in [-0.2, 0) is 14.3 Å². The van der Waals surface area contributed by atoms with Gasteiger partial charge >= 0.3 is 12.1 Å². The number of hydrogen-bond donors (Lipinski definition) is 1. The highest BCUT2D eigenvalue weighted by Gasteiger charge is 2.29. The van der Waals surface area contributed by atoms with Gasteiger partial charge in [0.1, 0.15) is 17.7 Å². The molecule has 0 aliphatic carbocycles. The van der Waals surface area contributed by atoms with Gasteiger partial charge in [0, 0.05) is 25.9 Å². The van der Waals surface area contributed by atoms with E-state index in [1.807, 2.05) is 27.7 Å². The molecule has 0 unspecified atom stereocenters. The summed E-state index contributed by atoms with van der Waals surface area (Å²) >= 11 is 0. The molecule has 6 heteroatoms. The monoisotopic (exact) mass is 300 g/mol. The van der Waals surface area contributed by atoms with Gasteiger partial charge in [-0.2, -0.15) is 0 Å². The first kappa shape index (κ1) is 17.8. The maximum Gasteiger partial charge on any atom is 0.410 e. The normalized spacial score (nSPS) is 18.2.